The van der Waals surface area contributed by atoms with Gasteiger partial charge >= 0.3 is 0 Å². The van der Waals surface area contributed by atoms with Gasteiger partial charge in [-0.1, -0.05) is 84.9 Å². The summed E-state index contributed by atoms with van der Waals surface area (Å²) in [5.74, 6) is 2.59. The van der Waals surface area contributed by atoms with E-state index in [1.165, 1.54) is 16.7 Å². The Bertz CT molecular complexity index is 1480. The molecule has 4 nitrogen and oxygen atoms in total. The first-order valence-electron chi connectivity index (χ1n) is 12.8. The monoisotopic (exact) mass is 488 g/mol. The number of methoxy groups -OCH3 is 1. The smallest absolute Gasteiger partial charge is 0.161 e. The molecule has 0 saturated heterocycles. The Hall–Kier alpha value is -4.31. The molecule has 5 aromatic rings. The number of hydrogen-bond acceptors (Lipinski definition) is 3. The van der Waals surface area contributed by atoms with Crippen molar-refractivity contribution in [3.63, 3.8) is 0 Å². The first-order valence-corrected chi connectivity index (χ1v) is 12.8. The van der Waals surface area contributed by atoms with Crippen LogP contribution in [0.1, 0.15) is 30.3 Å². The standard InChI is InChI=1S/C33H32N2O2/c1-3-10-25-17-20-31(32(23-25)36-2)37-22-9-21-35-30-14-8-7-13-29(30)34-33(35)24-26-15-18-28(19-16-26)27-11-5-4-6-12-27/h3-8,10-20,23H,9,21-22,24H2,1-2H3/b10-3+. The summed E-state index contributed by atoms with van der Waals surface area (Å²) in [7, 11) is 1.68. The molecule has 0 spiro atoms. The number of nitrogens with zero attached hydrogens (tertiary/aromatic N) is 2. The van der Waals surface area contributed by atoms with Crippen molar-refractivity contribution < 1.29 is 9.47 Å². The lowest BCUT2D eigenvalue weighted by Gasteiger charge is -2.13. The number of rotatable bonds is 10. The van der Waals surface area contributed by atoms with Gasteiger partial charge in [-0.3, -0.25) is 0 Å². The van der Waals surface area contributed by atoms with Crippen LogP contribution in [0.5, 0.6) is 11.5 Å². The first kappa shape index (κ1) is 24.4. The molecular weight excluding hydrogens is 456 g/mol. The number of aryl methyl sites for hydroxylation is 1. The zero-order valence-corrected chi connectivity index (χ0v) is 21.4. The minimum Gasteiger partial charge on any atom is -0.493 e. The molecule has 0 unspecified atom stereocenters. The second-order valence-corrected chi connectivity index (χ2v) is 9.02. The fourth-order valence-corrected chi connectivity index (χ4v) is 4.64. The Morgan fingerprint density at radius 3 is 2.35 bits per heavy atom. The van der Waals surface area contributed by atoms with Gasteiger partial charge in [-0.05, 0) is 59.9 Å². The number of benzene rings is 4. The number of allylic oxidation sites excluding steroid dienone is 1. The summed E-state index contributed by atoms with van der Waals surface area (Å²) in [5, 5.41) is 0. The lowest BCUT2D eigenvalue weighted by Crippen LogP contribution is -2.09. The second kappa shape index (κ2) is 11.6. The molecule has 186 valence electrons. The summed E-state index contributed by atoms with van der Waals surface area (Å²) in [5.41, 5.74) is 6.99. The number of aromatic nitrogens is 2. The fourth-order valence-electron chi connectivity index (χ4n) is 4.64. The zero-order valence-electron chi connectivity index (χ0n) is 21.4. The zero-order chi connectivity index (χ0) is 25.5. The van der Waals surface area contributed by atoms with Crippen LogP contribution in [0.3, 0.4) is 0 Å². The average Bonchev–Trinajstić information content (AvgIpc) is 3.29. The van der Waals surface area contributed by atoms with Crippen molar-refractivity contribution in [1.82, 2.24) is 9.55 Å². The highest BCUT2D eigenvalue weighted by Crippen LogP contribution is 2.29. The van der Waals surface area contributed by atoms with Gasteiger partial charge in [0.15, 0.2) is 11.5 Å². The Morgan fingerprint density at radius 1 is 0.811 bits per heavy atom. The van der Waals surface area contributed by atoms with Crippen molar-refractivity contribution in [1.29, 1.82) is 0 Å². The van der Waals surface area contributed by atoms with Crippen molar-refractivity contribution in [3.05, 3.63) is 120 Å². The molecule has 4 heteroatoms. The van der Waals surface area contributed by atoms with E-state index in [1.807, 2.05) is 49.4 Å². The lowest BCUT2D eigenvalue weighted by molar-refractivity contribution is 0.282. The first-order chi connectivity index (χ1) is 18.2. The highest BCUT2D eigenvalue weighted by Gasteiger charge is 2.12. The molecule has 0 fully saturated rings. The lowest BCUT2D eigenvalue weighted by atomic mass is 10.0. The highest BCUT2D eigenvalue weighted by atomic mass is 16.5. The van der Waals surface area contributed by atoms with Crippen LogP contribution in [0.25, 0.3) is 28.2 Å². The van der Waals surface area contributed by atoms with Crippen LogP contribution < -0.4 is 9.47 Å². The average molecular weight is 489 g/mol. The van der Waals surface area contributed by atoms with Gasteiger partial charge in [0.05, 0.1) is 24.8 Å². The normalized spacial score (nSPS) is 11.3. The van der Waals surface area contributed by atoms with Gasteiger partial charge < -0.3 is 14.0 Å². The maximum Gasteiger partial charge on any atom is 0.161 e. The molecule has 4 aromatic carbocycles. The molecule has 1 heterocycles. The van der Waals surface area contributed by atoms with E-state index in [9.17, 15) is 0 Å². The molecule has 37 heavy (non-hydrogen) atoms. The molecule has 5 rings (SSSR count). The van der Waals surface area contributed by atoms with E-state index >= 15 is 0 Å². The van der Waals surface area contributed by atoms with Crippen molar-refractivity contribution >= 4 is 17.1 Å². The van der Waals surface area contributed by atoms with E-state index in [1.54, 1.807) is 7.11 Å². The number of ether oxygens (including phenoxy) is 2. The topological polar surface area (TPSA) is 36.3 Å². The highest BCUT2D eigenvalue weighted by molar-refractivity contribution is 5.76. The summed E-state index contributed by atoms with van der Waals surface area (Å²) in [6.07, 6.45) is 5.71. The molecule has 1 aromatic heterocycles. The third-order valence-electron chi connectivity index (χ3n) is 6.49. The predicted octanol–water partition coefficient (Wildman–Crippen LogP) is 7.80. The van der Waals surface area contributed by atoms with Gasteiger partial charge in [-0.2, -0.15) is 0 Å². The Morgan fingerprint density at radius 2 is 1.57 bits per heavy atom. The van der Waals surface area contributed by atoms with E-state index in [0.29, 0.717) is 6.61 Å². The summed E-state index contributed by atoms with van der Waals surface area (Å²) >= 11 is 0. The van der Waals surface area contributed by atoms with Crippen molar-refractivity contribution in [2.24, 2.45) is 0 Å². The van der Waals surface area contributed by atoms with Crippen LogP contribution in [0.4, 0.5) is 0 Å². The number of para-hydroxylation sites is 2. The summed E-state index contributed by atoms with van der Waals surface area (Å²) < 4.78 is 14.0. The molecular formula is C33H32N2O2. The van der Waals surface area contributed by atoms with Gasteiger partial charge in [0.25, 0.3) is 0 Å². The van der Waals surface area contributed by atoms with Crippen LogP contribution in [-0.2, 0) is 13.0 Å². The molecule has 0 atom stereocenters. The second-order valence-electron chi connectivity index (χ2n) is 9.02. The van der Waals surface area contributed by atoms with Gasteiger partial charge in [0, 0.05) is 13.0 Å². The molecule has 0 saturated carbocycles. The number of imidazole rings is 1. The molecule has 0 radical (unpaired) electrons. The molecule has 0 amide bonds. The molecule has 0 aliphatic heterocycles. The van der Waals surface area contributed by atoms with Gasteiger partial charge in [0.1, 0.15) is 5.82 Å². The molecule has 0 N–H and O–H groups in total. The van der Waals surface area contributed by atoms with Crippen LogP contribution >= 0.6 is 0 Å². The van der Waals surface area contributed by atoms with E-state index in [4.69, 9.17) is 14.5 Å². The maximum absolute atomic E-state index is 6.10. The van der Waals surface area contributed by atoms with Crippen molar-refractivity contribution in [3.8, 4) is 22.6 Å². The van der Waals surface area contributed by atoms with Gasteiger partial charge in [-0.25, -0.2) is 4.98 Å². The molecule has 0 bridgehead atoms. The van der Waals surface area contributed by atoms with Crippen molar-refractivity contribution in [2.45, 2.75) is 26.3 Å². The van der Waals surface area contributed by atoms with E-state index in [2.05, 4.69) is 71.3 Å². The van der Waals surface area contributed by atoms with Gasteiger partial charge in [0.2, 0.25) is 0 Å². The summed E-state index contributed by atoms with van der Waals surface area (Å²) in [6, 6.07) is 33.7. The van der Waals surface area contributed by atoms with Gasteiger partial charge in [-0.15, -0.1) is 0 Å². The van der Waals surface area contributed by atoms with E-state index in [-0.39, 0.29) is 0 Å². The van der Waals surface area contributed by atoms with Crippen LogP contribution in [-0.4, -0.2) is 23.3 Å². The largest absolute Gasteiger partial charge is 0.493 e. The third-order valence-corrected chi connectivity index (χ3v) is 6.49. The van der Waals surface area contributed by atoms with Crippen molar-refractivity contribution in [2.75, 3.05) is 13.7 Å². The molecule has 0 aliphatic rings. The SMILES string of the molecule is C/C=C/c1ccc(OCCCn2c(Cc3ccc(-c4ccccc4)cc3)nc3ccccc32)c(OC)c1. The van der Waals surface area contributed by atoms with E-state index < -0.39 is 0 Å². The predicted molar refractivity (Wildman–Crippen MR) is 152 cm³/mol. The number of fused-ring (bicyclic) bond motifs is 1. The fraction of sp³-hybridized carbons (Fsp3) is 0.182. The minimum absolute atomic E-state index is 0.594. The summed E-state index contributed by atoms with van der Waals surface area (Å²) in [4.78, 5) is 4.98. The third kappa shape index (κ3) is 5.75. The Balaban J connectivity index is 1.29. The quantitative estimate of drug-likeness (QED) is 0.188. The maximum atomic E-state index is 6.10. The van der Waals surface area contributed by atoms with Crippen LogP contribution in [0, 0.1) is 0 Å². The number of hydrogen-bond donors (Lipinski definition) is 0. The summed E-state index contributed by atoms with van der Waals surface area (Å²) in [6.45, 7) is 3.43. The molecule has 0 aliphatic carbocycles. The van der Waals surface area contributed by atoms with Crippen LogP contribution in [0.15, 0.2) is 103 Å². The van der Waals surface area contributed by atoms with Crippen LogP contribution in [0.2, 0.25) is 0 Å². The minimum atomic E-state index is 0.594. The Labute approximate surface area is 218 Å². The Kier molecular flexibility index (Phi) is 7.66. The van der Waals surface area contributed by atoms with E-state index in [0.717, 1.165) is 53.3 Å².